The van der Waals surface area contributed by atoms with Crippen molar-refractivity contribution in [3.05, 3.63) is 66.1 Å². The summed E-state index contributed by atoms with van der Waals surface area (Å²) in [4.78, 5) is 21.6. The first-order chi connectivity index (χ1) is 13.6. The maximum absolute atomic E-state index is 14.1. The molecule has 0 spiro atoms. The molecular weight excluding hydrogens is 357 g/mol. The summed E-state index contributed by atoms with van der Waals surface area (Å²) in [5.74, 6) is 0.251. The van der Waals surface area contributed by atoms with E-state index >= 15 is 0 Å². The SMILES string of the molecule is CN1CCCN(C(=O)c2ccccc2-c2ncc(-c3ccccc3F)o2)CC1. The van der Waals surface area contributed by atoms with E-state index in [1.807, 2.05) is 23.1 Å². The molecule has 0 radical (unpaired) electrons. The number of rotatable bonds is 3. The largest absolute Gasteiger partial charge is 0.436 e. The van der Waals surface area contributed by atoms with Gasteiger partial charge in [-0.05, 0) is 44.3 Å². The van der Waals surface area contributed by atoms with Crippen LogP contribution in [0, 0.1) is 5.82 Å². The van der Waals surface area contributed by atoms with Crippen LogP contribution in [0.15, 0.2) is 59.1 Å². The minimum atomic E-state index is -0.372. The lowest BCUT2D eigenvalue weighted by Crippen LogP contribution is -2.34. The van der Waals surface area contributed by atoms with Gasteiger partial charge in [0.2, 0.25) is 5.89 Å². The summed E-state index contributed by atoms with van der Waals surface area (Å²) in [6, 6.07) is 13.7. The van der Waals surface area contributed by atoms with Crippen molar-refractivity contribution in [1.82, 2.24) is 14.8 Å². The first-order valence-electron chi connectivity index (χ1n) is 9.41. The van der Waals surface area contributed by atoms with E-state index in [9.17, 15) is 9.18 Å². The van der Waals surface area contributed by atoms with Gasteiger partial charge in [-0.3, -0.25) is 4.79 Å². The van der Waals surface area contributed by atoms with Crippen LogP contribution in [-0.2, 0) is 0 Å². The van der Waals surface area contributed by atoms with Gasteiger partial charge < -0.3 is 14.2 Å². The van der Waals surface area contributed by atoms with Gasteiger partial charge in [0.25, 0.3) is 5.91 Å². The summed E-state index contributed by atoms with van der Waals surface area (Å²) in [7, 11) is 2.07. The van der Waals surface area contributed by atoms with E-state index in [1.165, 1.54) is 12.3 Å². The van der Waals surface area contributed by atoms with Gasteiger partial charge in [0.15, 0.2) is 5.76 Å². The van der Waals surface area contributed by atoms with Gasteiger partial charge >= 0.3 is 0 Å². The fourth-order valence-corrected chi connectivity index (χ4v) is 3.46. The third-order valence-electron chi connectivity index (χ3n) is 5.04. The van der Waals surface area contributed by atoms with Gasteiger partial charge in [-0.2, -0.15) is 0 Å². The van der Waals surface area contributed by atoms with Gasteiger partial charge in [0.05, 0.1) is 17.3 Å². The monoisotopic (exact) mass is 379 g/mol. The lowest BCUT2D eigenvalue weighted by Gasteiger charge is -2.21. The molecular formula is C22H22FN3O2. The average Bonchev–Trinajstić information content (AvgIpc) is 3.10. The van der Waals surface area contributed by atoms with E-state index in [2.05, 4.69) is 16.9 Å². The number of amides is 1. The van der Waals surface area contributed by atoms with Gasteiger partial charge in [0.1, 0.15) is 5.82 Å². The Morgan fingerprint density at radius 2 is 1.75 bits per heavy atom. The third kappa shape index (κ3) is 3.68. The number of benzene rings is 2. The van der Waals surface area contributed by atoms with Crippen molar-refractivity contribution in [2.45, 2.75) is 6.42 Å². The van der Waals surface area contributed by atoms with E-state index in [4.69, 9.17) is 4.42 Å². The van der Waals surface area contributed by atoms with E-state index in [1.54, 1.807) is 24.3 Å². The van der Waals surface area contributed by atoms with Gasteiger partial charge in [-0.15, -0.1) is 0 Å². The highest BCUT2D eigenvalue weighted by molar-refractivity contribution is 6.00. The second-order valence-electron chi connectivity index (χ2n) is 7.00. The van der Waals surface area contributed by atoms with E-state index in [-0.39, 0.29) is 11.7 Å². The van der Waals surface area contributed by atoms with Crippen molar-refractivity contribution in [2.24, 2.45) is 0 Å². The maximum atomic E-state index is 14.1. The van der Waals surface area contributed by atoms with Crippen molar-refractivity contribution in [3.8, 4) is 22.8 Å². The van der Waals surface area contributed by atoms with Gasteiger partial charge in [-0.25, -0.2) is 9.37 Å². The van der Waals surface area contributed by atoms with Crippen molar-refractivity contribution in [2.75, 3.05) is 33.2 Å². The molecule has 1 aromatic heterocycles. The zero-order chi connectivity index (χ0) is 19.5. The van der Waals surface area contributed by atoms with Crippen molar-refractivity contribution < 1.29 is 13.6 Å². The number of hydrogen-bond donors (Lipinski definition) is 0. The molecule has 1 saturated heterocycles. The molecule has 2 heterocycles. The summed E-state index contributed by atoms with van der Waals surface area (Å²) in [6.45, 7) is 3.25. The predicted octanol–water partition coefficient (Wildman–Crippen LogP) is 3.93. The molecule has 4 rings (SSSR count). The molecule has 5 nitrogen and oxygen atoms in total. The molecule has 1 amide bonds. The fraction of sp³-hybridized carbons (Fsp3) is 0.273. The molecule has 1 fully saturated rings. The molecule has 2 aromatic carbocycles. The normalized spacial score (nSPS) is 15.4. The Hall–Kier alpha value is -2.99. The molecule has 28 heavy (non-hydrogen) atoms. The highest BCUT2D eigenvalue weighted by Crippen LogP contribution is 2.30. The Kier molecular flexibility index (Phi) is 5.21. The minimum absolute atomic E-state index is 0.0310. The number of oxazole rings is 1. The number of nitrogens with zero attached hydrogens (tertiary/aromatic N) is 3. The van der Waals surface area contributed by atoms with Crippen LogP contribution < -0.4 is 0 Å². The Morgan fingerprint density at radius 3 is 2.57 bits per heavy atom. The standard InChI is InChI=1S/C22H22FN3O2/c1-25-11-6-12-26(14-13-25)22(27)17-8-3-2-7-16(17)21-24-15-20(28-21)18-9-4-5-10-19(18)23/h2-5,7-10,15H,6,11-14H2,1H3. The summed E-state index contributed by atoms with van der Waals surface area (Å²) < 4.78 is 19.9. The van der Waals surface area contributed by atoms with E-state index in [0.29, 0.717) is 34.9 Å². The molecule has 144 valence electrons. The highest BCUT2D eigenvalue weighted by atomic mass is 19.1. The minimum Gasteiger partial charge on any atom is -0.436 e. The second-order valence-corrected chi connectivity index (χ2v) is 7.00. The van der Waals surface area contributed by atoms with Crippen molar-refractivity contribution >= 4 is 5.91 Å². The van der Waals surface area contributed by atoms with Crippen molar-refractivity contribution in [3.63, 3.8) is 0 Å². The van der Waals surface area contributed by atoms with Crippen LogP contribution in [0.25, 0.3) is 22.8 Å². The summed E-state index contributed by atoms with van der Waals surface area (Å²) in [5, 5.41) is 0. The Bertz CT molecular complexity index is 985. The molecule has 3 aromatic rings. The Labute approximate surface area is 163 Å². The smallest absolute Gasteiger partial charge is 0.254 e. The molecule has 1 aliphatic heterocycles. The Morgan fingerprint density at radius 1 is 1.00 bits per heavy atom. The molecule has 0 bridgehead atoms. The third-order valence-corrected chi connectivity index (χ3v) is 5.04. The van der Waals surface area contributed by atoms with Crippen LogP contribution in [0.4, 0.5) is 4.39 Å². The lowest BCUT2D eigenvalue weighted by molar-refractivity contribution is 0.0763. The highest BCUT2D eigenvalue weighted by Gasteiger charge is 2.23. The number of likely N-dealkylation sites (N-methyl/N-ethyl adjacent to an activating group) is 1. The first kappa shape index (κ1) is 18.4. The average molecular weight is 379 g/mol. The van der Waals surface area contributed by atoms with Crippen LogP contribution in [0.5, 0.6) is 0 Å². The molecule has 1 aliphatic rings. The Balaban J connectivity index is 1.65. The summed E-state index contributed by atoms with van der Waals surface area (Å²) >= 11 is 0. The van der Waals surface area contributed by atoms with Crippen LogP contribution in [-0.4, -0.2) is 53.9 Å². The molecule has 0 atom stereocenters. The van der Waals surface area contributed by atoms with Gasteiger partial charge in [-0.1, -0.05) is 24.3 Å². The number of halogens is 1. The predicted molar refractivity (Wildman–Crippen MR) is 105 cm³/mol. The number of carbonyl (C=O) groups excluding carboxylic acids is 1. The van der Waals surface area contributed by atoms with E-state index < -0.39 is 0 Å². The van der Waals surface area contributed by atoms with Crippen LogP contribution in [0.2, 0.25) is 0 Å². The topological polar surface area (TPSA) is 49.6 Å². The molecule has 0 unspecified atom stereocenters. The number of aromatic nitrogens is 1. The number of carbonyl (C=O) groups is 1. The number of hydrogen-bond acceptors (Lipinski definition) is 4. The van der Waals surface area contributed by atoms with E-state index in [0.717, 1.165) is 26.1 Å². The fourth-order valence-electron chi connectivity index (χ4n) is 3.46. The lowest BCUT2D eigenvalue weighted by atomic mass is 10.1. The zero-order valence-electron chi connectivity index (χ0n) is 15.8. The maximum Gasteiger partial charge on any atom is 0.254 e. The van der Waals surface area contributed by atoms with Crippen LogP contribution in [0.3, 0.4) is 0 Å². The van der Waals surface area contributed by atoms with Crippen LogP contribution in [0.1, 0.15) is 16.8 Å². The summed E-state index contributed by atoms with van der Waals surface area (Å²) in [6.07, 6.45) is 2.44. The first-order valence-corrected chi connectivity index (χ1v) is 9.41. The quantitative estimate of drug-likeness (QED) is 0.692. The summed E-state index contributed by atoms with van der Waals surface area (Å²) in [5.41, 5.74) is 1.52. The van der Waals surface area contributed by atoms with Gasteiger partial charge in [0, 0.05) is 25.2 Å². The molecule has 0 N–H and O–H groups in total. The molecule has 0 aliphatic carbocycles. The van der Waals surface area contributed by atoms with Crippen molar-refractivity contribution in [1.29, 1.82) is 0 Å². The molecule has 0 saturated carbocycles. The second kappa shape index (κ2) is 7.94. The zero-order valence-corrected chi connectivity index (χ0v) is 15.8. The molecule has 6 heteroatoms. The van der Waals surface area contributed by atoms with Crippen LogP contribution >= 0.6 is 0 Å².